The average Bonchev–Trinajstić information content (AvgIpc) is 2.83. The number of carbonyl (C=O) groups excluding carboxylic acids is 1. The van der Waals surface area contributed by atoms with Gasteiger partial charge in [0, 0.05) is 31.4 Å². The Kier molecular flexibility index (Phi) is 4.64. The van der Waals surface area contributed by atoms with Crippen molar-refractivity contribution in [1.82, 2.24) is 15.1 Å². The van der Waals surface area contributed by atoms with E-state index in [1.54, 1.807) is 17.9 Å². The summed E-state index contributed by atoms with van der Waals surface area (Å²) in [6.45, 7) is 0.246. The fourth-order valence-corrected chi connectivity index (χ4v) is 1.95. The van der Waals surface area contributed by atoms with Gasteiger partial charge in [0.15, 0.2) is 0 Å². The molecule has 2 aromatic rings. The second-order valence-corrected chi connectivity index (χ2v) is 4.74. The number of nitrogens with zero attached hydrogens (tertiary/aromatic N) is 2. The molecule has 0 spiro atoms. The predicted octanol–water partition coefficient (Wildman–Crippen LogP) is 1.06. The zero-order valence-electron chi connectivity index (χ0n) is 11.5. The summed E-state index contributed by atoms with van der Waals surface area (Å²) in [7, 11) is 1.73. The first-order valence-corrected chi connectivity index (χ1v) is 6.42. The number of halogens is 2. The molecule has 0 bridgehead atoms. The van der Waals surface area contributed by atoms with Crippen molar-refractivity contribution in [1.29, 1.82) is 0 Å². The minimum atomic E-state index is -0.817. The third-order valence-electron chi connectivity index (χ3n) is 3.00. The summed E-state index contributed by atoms with van der Waals surface area (Å²) >= 11 is 0. The molecule has 21 heavy (non-hydrogen) atoms. The predicted molar refractivity (Wildman–Crippen MR) is 73.2 cm³/mol. The van der Waals surface area contributed by atoms with Gasteiger partial charge in [-0.25, -0.2) is 8.78 Å². The van der Waals surface area contributed by atoms with E-state index >= 15 is 0 Å². The molecular formula is C14H16F2N4O. The van der Waals surface area contributed by atoms with Crippen LogP contribution in [-0.2, 0) is 18.3 Å². The van der Waals surface area contributed by atoms with E-state index in [0.717, 1.165) is 6.07 Å². The van der Waals surface area contributed by atoms with Gasteiger partial charge in [-0.15, -0.1) is 0 Å². The molecule has 3 N–H and O–H groups in total. The van der Waals surface area contributed by atoms with Gasteiger partial charge >= 0.3 is 0 Å². The van der Waals surface area contributed by atoms with Crippen molar-refractivity contribution in [3.8, 4) is 0 Å². The Hall–Kier alpha value is -2.28. The lowest BCUT2D eigenvalue weighted by Gasteiger charge is -2.10. The van der Waals surface area contributed by atoms with Crippen LogP contribution < -0.4 is 11.1 Å². The fraction of sp³-hybridized carbons (Fsp3) is 0.286. The van der Waals surface area contributed by atoms with E-state index in [0.29, 0.717) is 17.5 Å². The molecule has 1 aromatic carbocycles. The van der Waals surface area contributed by atoms with Crippen LogP contribution in [0.2, 0.25) is 0 Å². The SMILES string of the molecule is Cn1cc(C(N)C(=O)NCCc2cc(F)cc(F)c2)cn1. The fourth-order valence-electron chi connectivity index (χ4n) is 1.95. The standard InChI is InChI=1S/C14H16F2N4O/c1-20-8-10(7-19-20)13(17)14(21)18-3-2-9-4-11(15)6-12(16)5-9/h4-8,13H,2-3,17H2,1H3,(H,18,21). The van der Waals surface area contributed by atoms with Gasteiger partial charge in [0.2, 0.25) is 5.91 Å². The molecule has 7 heteroatoms. The zero-order chi connectivity index (χ0) is 15.4. The number of carbonyl (C=O) groups is 1. The van der Waals surface area contributed by atoms with Crippen LogP contribution in [-0.4, -0.2) is 22.2 Å². The first-order chi connectivity index (χ1) is 9.95. The first-order valence-electron chi connectivity index (χ1n) is 6.42. The second kappa shape index (κ2) is 6.45. The number of aromatic nitrogens is 2. The highest BCUT2D eigenvalue weighted by Crippen LogP contribution is 2.10. The molecule has 0 fully saturated rings. The lowest BCUT2D eigenvalue weighted by Crippen LogP contribution is -2.35. The highest BCUT2D eigenvalue weighted by atomic mass is 19.1. The van der Waals surface area contributed by atoms with Crippen LogP contribution in [0.1, 0.15) is 17.2 Å². The monoisotopic (exact) mass is 294 g/mol. The minimum Gasteiger partial charge on any atom is -0.354 e. The number of benzene rings is 1. The highest BCUT2D eigenvalue weighted by Gasteiger charge is 2.16. The quantitative estimate of drug-likeness (QED) is 0.866. The summed E-state index contributed by atoms with van der Waals surface area (Å²) in [5, 5.41) is 6.57. The summed E-state index contributed by atoms with van der Waals surface area (Å²) in [5.41, 5.74) is 6.87. The van der Waals surface area contributed by atoms with E-state index in [4.69, 9.17) is 5.73 Å². The molecule has 1 aromatic heterocycles. The van der Waals surface area contributed by atoms with Crippen LogP contribution in [0.3, 0.4) is 0 Å². The van der Waals surface area contributed by atoms with Crippen molar-refractivity contribution in [2.24, 2.45) is 12.8 Å². The Labute approximate surface area is 120 Å². The molecule has 0 radical (unpaired) electrons. The topological polar surface area (TPSA) is 72.9 Å². The molecule has 0 saturated carbocycles. The number of nitrogens with one attached hydrogen (secondary N) is 1. The van der Waals surface area contributed by atoms with Gasteiger partial charge in [-0.2, -0.15) is 5.10 Å². The third-order valence-corrected chi connectivity index (χ3v) is 3.00. The van der Waals surface area contributed by atoms with Crippen LogP contribution in [0.5, 0.6) is 0 Å². The van der Waals surface area contributed by atoms with Crippen molar-refractivity contribution in [2.75, 3.05) is 6.54 Å². The van der Waals surface area contributed by atoms with Crippen LogP contribution in [0.4, 0.5) is 8.78 Å². The average molecular weight is 294 g/mol. The van der Waals surface area contributed by atoms with Gasteiger partial charge < -0.3 is 11.1 Å². The Bertz CT molecular complexity index is 621. The number of hydrogen-bond donors (Lipinski definition) is 2. The molecular weight excluding hydrogens is 278 g/mol. The van der Waals surface area contributed by atoms with Gasteiger partial charge in [-0.3, -0.25) is 9.48 Å². The van der Waals surface area contributed by atoms with E-state index in [9.17, 15) is 13.6 Å². The number of rotatable bonds is 5. The van der Waals surface area contributed by atoms with Crippen molar-refractivity contribution >= 4 is 5.91 Å². The molecule has 0 aliphatic heterocycles. The smallest absolute Gasteiger partial charge is 0.241 e. The Morgan fingerprint density at radius 2 is 2.05 bits per heavy atom. The Morgan fingerprint density at radius 1 is 1.38 bits per heavy atom. The number of amides is 1. The molecule has 1 unspecified atom stereocenters. The normalized spacial score (nSPS) is 12.2. The van der Waals surface area contributed by atoms with Crippen LogP contribution in [0.25, 0.3) is 0 Å². The number of nitrogens with two attached hydrogens (primary N) is 1. The van der Waals surface area contributed by atoms with Gasteiger partial charge in [0.1, 0.15) is 17.7 Å². The van der Waals surface area contributed by atoms with Crippen molar-refractivity contribution in [3.05, 3.63) is 53.4 Å². The van der Waals surface area contributed by atoms with Crippen molar-refractivity contribution < 1.29 is 13.6 Å². The third kappa shape index (κ3) is 4.09. The first kappa shape index (κ1) is 15.1. The number of aryl methyl sites for hydroxylation is 1. The molecule has 5 nitrogen and oxygen atoms in total. The molecule has 0 aliphatic rings. The van der Waals surface area contributed by atoms with Crippen LogP contribution in [0, 0.1) is 11.6 Å². The van der Waals surface area contributed by atoms with Gasteiger partial charge in [-0.1, -0.05) is 0 Å². The van der Waals surface area contributed by atoms with Gasteiger partial charge in [0.05, 0.1) is 6.20 Å². The van der Waals surface area contributed by atoms with Gasteiger partial charge in [-0.05, 0) is 24.1 Å². The summed E-state index contributed by atoms with van der Waals surface area (Å²) in [5.74, 6) is -1.63. The summed E-state index contributed by atoms with van der Waals surface area (Å²) < 4.78 is 27.6. The van der Waals surface area contributed by atoms with E-state index < -0.39 is 17.7 Å². The largest absolute Gasteiger partial charge is 0.354 e. The summed E-state index contributed by atoms with van der Waals surface area (Å²) in [6.07, 6.45) is 3.50. The molecule has 2 rings (SSSR count). The highest BCUT2D eigenvalue weighted by molar-refractivity contribution is 5.82. The van der Waals surface area contributed by atoms with Crippen LogP contribution >= 0.6 is 0 Å². The molecule has 1 atom stereocenters. The summed E-state index contributed by atoms with van der Waals surface area (Å²) in [6, 6.07) is 2.45. The van der Waals surface area contributed by atoms with Crippen LogP contribution in [0.15, 0.2) is 30.6 Å². The molecule has 1 amide bonds. The lowest BCUT2D eigenvalue weighted by atomic mass is 10.1. The van der Waals surface area contributed by atoms with E-state index in [-0.39, 0.29) is 12.5 Å². The zero-order valence-corrected chi connectivity index (χ0v) is 11.5. The Balaban J connectivity index is 1.86. The van der Waals surface area contributed by atoms with E-state index in [2.05, 4.69) is 10.4 Å². The van der Waals surface area contributed by atoms with E-state index in [1.807, 2.05) is 0 Å². The maximum atomic E-state index is 13.0. The molecule has 0 saturated heterocycles. The number of hydrogen-bond acceptors (Lipinski definition) is 3. The van der Waals surface area contributed by atoms with Crippen molar-refractivity contribution in [2.45, 2.75) is 12.5 Å². The lowest BCUT2D eigenvalue weighted by molar-refractivity contribution is -0.122. The van der Waals surface area contributed by atoms with Gasteiger partial charge in [0.25, 0.3) is 0 Å². The van der Waals surface area contributed by atoms with E-state index in [1.165, 1.54) is 18.3 Å². The molecule has 112 valence electrons. The van der Waals surface area contributed by atoms with Crippen molar-refractivity contribution in [3.63, 3.8) is 0 Å². The molecule has 0 aliphatic carbocycles. The molecule has 1 heterocycles. The Morgan fingerprint density at radius 3 is 2.62 bits per heavy atom. The summed E-state index contributed by atoms with van der Waals surface area (Å²) in [4.78, 5) is 11.9. The minimum absolute atomic E-state index is 0.246. The maximum Gasteiger partial charge on any atom is 0.241 e. The second-order valence-electron chi connectivity index (χ2n) is 4.74. The maximum absolute atomic E-state index is 13.0.